The summed E-state index contributed by atoms with van der Waals surface area (Å²) in [5.74, 6) is 0.989. The van der Waals surface area contributed by atoms with Crippen molar-refractivity contribution < 1.29 is 4.79 Å². The lowest BCUT2D eigenvalue weighted by Gasteiger charge is -2.33. The lowest BCUT2D eigenvalue weighted by atomic mass is 10.0. The summed E-state index contributed by atoms with van der Waals surface area (Å²) >= 11 is 1.64. The van der Waals surface area contributed by atoms with Crippen LogP contribution in [-0.2, 0) is 4.79 Å². The summed E-state index contributed by atoms with van der Waals surface area (Å²) in [5.41, 5.74) is 0. The molecule has 0 bridgehead atoms. The highest BCUT2D eigenvalue weighted by atomic mass is 32.2. The van der Waals surface area contributed by atoms with E-state index in [1.54, 1.807) is 11.8 Å². The molecule has 2 rings (SSSR count). The Labute approximate surface area is 103 Å². The monoisotopic (exact) mass is 242 g/mol. The minimum atomic E-state index is 0.343. The molecule has 2 aliphatic heterocycles. The van der Waals surface area contributed by atoms with Crippen LogP contribution in [0, 0.1) is 0 Å². The van der Waals surface area contributed by atoms with E-state index >= 15 is 0 Å². The fourth-order valence-electron chi connectivity index (χ4n) is 3.13. The van der Waals surface area contributed by atoms with E-state index in [1.165, 1.54) is 32.2 Å². The Morgan fingerprint density at radius 1 is 1.25 bits per heavy atom. The van der Waals surface area contributed by atoms with E-state index in [1.807, 2.05) is 6.26 Å². The van der Waals surface area contributed by atoms with Crippen LogP contribution in [0.25, 0.3) is 0 Å². The zero-order valence-electron chi connectivity index (χ0n) is 10.3. The number of likely N-dealkylation sites (N-methyl/N-ethyl adjacent to an activating group) is 1. The first-order valence-corrected chi connectivity index (χ1v) is 7.62. The Bertz CT molecular complexity index is 259. The van der Waals surface area contributed by atoms with Crippen LogP contribution in [0.3, 0.4) is 0 Å². The second kappa shape index (κ2) is 5.41. The topological polar surface area (TPSA) is 23.6 Å². The van der Waals surface area contributed by atoms with Gasteiger partial charge in [-0.15, -0.1) is 0 Å². The first kappa shape index (κ1) is 12.2. The molecule has 4 heteroatoms. The number of carbonyl (C=O) groups excluding carboxylic acids is 1. The summed E-state index contributed by atoms with van der Waals surface area (Å²) in [6.07, 6.45) is 6.96. The maximum absolute atomic E-state index is 12.0. The maximum atomic E-state index is 12.0. The minimum absolute atomic E-state index is 0.343. The molecule has 2 heterocycles. The Hall–Kier alpha value is -0.220. The molecule has 2 aliphatic rings. The van der Waals surface area contributed by atoms with Gasteiger partial charge in [-0.1, -0.05) is 0 Å². The van der Waals surface area contributed by atoms with E-state index in [4.69, 9.17) is 0 Å². The highest BCUT2D eigenvalue weighted by molar-refractivity contribution is 7.99. The summed E-state index contributed by atoms with van der Waals surface area (Å²) in [5, 5.41) is 0. The third-order valence-corrected chi connectivity index (χ3v) is 4.44. The number of hydrogen-bond acceptors (Lipinski definition) is 3. The van der Waals surface area contributed by atoms with Gasteiger partial charge in [0, 0.05) is 18.6 Å². The van der Waals surface area contributed by atoms with Gasteiger partial charge in [0.05, 0.1) is 5.75 Å². The second-order valence-corrected chi connectivity index (χ2v) is 5.79. The average Bonchev–Trinajstić information content (AvgIpc) is 2.85. The zero-order chi connectivity index (χ0) is 11.5. The third-order valence-electron chi connectivity index (χ3n) is 3.91. The number of carbonyl (C=O) groups is 1. The van der Waals surface area contributed by atoms with E-state index in [0.717, 1.165) is 6.54 Å². The fraction of sp³-hybridized carbons (Fsp3) is 0.917. The molecule has 3 nitrogen and oxygen atoms in total. The fourth-order valence-corrected chi connectivity index (χ4v) is 3.54. The number of thioether (sulfide) groups is 1. The molecule has 2 atom stereocenters. The van der Waals surface area contributed by atoms with Crippen molar-refractivity contribution in [1.82, 2.24) is 9.80 Å². The number of likely N-dealkylation sites (tertiary alicyclic amines) is 2. The van der Waals surface area contributed by atoms with E-state index in [2.05, 4.69) is 16.8 Å². The van der Waals surface area contributed by atoms with Gasteiger partial charge in [0.15, 0.2) is 0 Å². The molecule has 0 unspecified atom stereocenters. The first-order valence-electron chi connectivity index (χ1n) is 6.22. The molecule has 0 saturated carbocycles. The molecule has 2 saturated heterocycles. The standard InChI is InChI=1S/C12H22N2OS/c1-13-7-3-5-10(13)11-6-4-8-14(11)12(15)9-16-2/h10-11H,3-9H2,1-2H3/t10-,11-/m0/s1. The quantitative estimate of drug-likeness (QED) is 0.748. The highest BCUT2D eigenvalue weighted by Gasteiger charge is 2.37. The van der Waals surface area contributed by atoms with Crippen molar-refractivity contribution in [3.63, 3.8) is 0 Å². The molecule has 16 heavy (non-hydrogen) atoms. The Morgan fingerprint density at radius 3 is 2.56 bits per heavy atom. The molecule has 0 aromatic rings. The molecule has 0 aromatic carbocycles. The van der Waals surface area contributed by atoms with Gasteiger partial charge in [-0.25, -0.2) is 0 Å². The summed E-state index contributed by atoms with van der Waals surface area (Å²) in [6, 6.07) is 1.11. The molecule has 0 spiro atoms. The van der Waals surface area contributed by atoms with Crippen molar-refractivity contribution in [3.05, 3.63) is 0 Å². The number of amides is 1. The molecule has 0 N–H and O–H groups in total. The number of hydrogen-bond donors (Lipinski definition) is 0. The summed E-state index contributed by atoms with van der Waals surface area (Å²) in [6.45, 7) is 2.18. The predicted octanol–water partition coefficient (Wildman–Crippen LogP) is 1.43. The van der Waals surface area contributed by atoms with Gasteiger partial charge < -0.3 is 9.80 Å². The molecule has 0 aromatic heterocycles. The van der Waals surface area contributed by atoms with Crippen molar-refractivity contribution in [2.24, 2.45) is 0 Å². The molecule has 92 valence electrons. The summed E-state index contributed by atoms with van der Waals surface area (Å²) in [4.78, 5) is 16.6. The molecule has 0 radical (unpaired) electrons. The molecule has 0 aliphatic carbocycles. The molecule has 1 amide bonds. The van der Waals surface area contributed by atoms with Gasteiger partial charge in [-0.3, -0.25) is 4.79 Å². The lowest BCUT2D eigenvalue weighted by Crippen LogP contribution is -2.47. The number of rotatable bonds is 3. The van der Waals surface area contributed by atoms with Crippen LogP contribution in [0.4, 0.5) is 0 Å². The van der Waals surface area contributed by atoms with Crippen molar-refractivity contribution in [2.45, 2.75) is 37.8 Å². The van der Waals surface area contributed by atoms with Crippen molar-refractivity contribution in [1.29, 1.82) is 0 Å². The largest absolute Gasteiger partial charge is 0.337 e. The van der Waals surface area contributed by atoms with E-state index < -0.39 is 0 Å². The first-order chi connectivity index (χ1) is 7.74. The van der Waals surface area contributed by atoms with Gasteiger partial charge in [-0.05, 0) is 45.5 Å². The SMILES string of the molecule is CSCC(=O)N1CCC[C@H]1[C@@H]1CCCN1C. The van der Waals surface area contributed by atoms with Gasteiger partial charge >= 0.3 is 0 Å². The third kappa shape index (κ3) is 2.38. The van der Waals surface area contributed by atoms with Crippen LogP contribution in [0.15, 0.2) is 0 Å². The van der Waals surface area contributed by atoms with Crippen LogP contribution >= 0.6 is 11.8 Å². The molecular weight excluding hydrogens is 220 g/mol. The molecular formula is C12H22N2OS. The molecule has 2 fully saturated rings. The maximum Gasteiger partial charge on any atom is 0.232 e. The Kier molecular flexibility index (Phi) is 4.14. The lowest BCUT2D eigenvalue weighted by molar-refractivity contribution is -0.130. The van der Waals surface area contributed by atoms with Gasteiger partial charge in [-0.2, -0.15) is 11.8 Å². The van der Waals surface area contributed by atoms with Crippen LogP contribution < -0.4 is 0 Å². The summed E-state index contributed by atoms with van der Waals surface area (Å²) < 4.78 is 0. The van der Waals surface area contributed by atoms with Gasteiger partial charge in [0.1, 0.15) is 0 Å². The second-order valence-electron chi connectivity index (χ2n) is 4.92. The predicted molar refractivity (Wildman–Crippen MR) is 68.8 cm³/mol. The smallest absolute Gasteiger partial charge is 0.232 e. The van der Waals surface area contributed by atoms with Gasteiger partial charge in [0.2, 0.25) is 5.91 Å². The van der Waals surface area contributed by atoms with E-state index in [0.29, 0.717) is 23.7 Å². The van der Waals surface area contributed by atoms with Crippen LogP contribution in [0.2, 0.25) is 0 Å². The highest BCUT2D eigenvalue weighted by Crippen LogP contribution is 2.29. The van der Waals surface area contributed by atoms with Gasteiger partial charge in [0.25, 0.3) is 0 Å². The van der Waals surface area contributed by atoms with E-state index in [9.17, 15) is 4.79 Å². The average molecular weight is 242 g/mol. The van der Waals surface area contributed by atoms with Crippen molar-refractivity contribution >= 4 is 17.7 Å². The van der Waals surface area contributed by atoms with Crippen LogP contribution in [-0.4, -0.2) is 59.9 Å². The van der Waals surface area contributed by atoms with Crippen molar-refractivity contribution in [2.75, 3.05) is 32.1 Å². The Balaban J connectivity index is 1.99. The number of nitrogens with zero attached hydrogens (tertiary/aromatic N) is 2. The van der Waals surface area contributed by atoms with Crippen LogP contribution in [0.1, 0.15) is 25.7 Å². The normalized spacial score (nSPS) is 31.2. The zero-order valence-corrected chi connectivity index (χ0v) is 11.1. The van der Waals surface area contributed by atoms with E-state index in [-0.39, 0.29) is 0 Å². The Morgan fingerprint density at radius 2 is 1.94 bits per heavy atom. The van der Waals surface area contributed by atoms with Crippen LogP contribution in [0.5, 0.6) is 0 Å². The minimum Gasteiger partial charge on any atom is -0.337 e. The summed E-state index contributed by atoms with van der Waals surface area (Å²) in [7, 11) is 2.20. The van der Waals surface area contributed by atoms with Crippen molar-refractivity contribution in [3.8, 4) is 0 Å².